The van der Waals surface area contributed by atoms with E-state index in [4.69, 9.17) is 4.74 Å². The van der Waals surface area contributed by atoms with Crippen LogP contribution in [0.25, 0.3) is 5.69 Å². The molecule has 3 aromatic rings. The van der Waals surface area contributed by atoms with Crippen LogP contribution in [0.5, 0.6) is 5.75 Å². The summed E-state index contributed by atoms with van der Waals surface area (Å²) in [4.78, 5) is 12.0. The summed E-state index contributed by atoms with van der Waals surface area (Å²) in [6.07, 6.45) is 1.50. The molecule has 1 amide bonds. The molecule has 0 aliphatic rings. The number of anilines is 1. The molecule has 1 N–H and O–H groups in total. The minimum Gasteiger partial charge on any atom is -0.495 e. The zero-order chi connectivity index (χ0) is 18.5. The molecule has 0 bridgehead atoms. The molecular formula is C17H14F2N4O2S. The Labute approximate surface area is 152 Å². The van der Waals surface area contributed by atoms with Crippen molar-refractivity contribution in [3.8, 4) is 11.4 Å². The highest BCUT2D eigenvalue weighted by atomic mass is 32.2. The molecule has 0 unspecified atom stereocenters. The van der Waals surface area contributed by atoms with Crippen LogP contribution in [0.15, 0.2) is 53.9 Å². The lowest BCUT2D eigenvalue weighted by atomic mass is 10.3. The molecule has 0 saturated carbocycles. The van der Waals surface area contributed by atoms with E-state index < -0.39 is 17.5 Å². The third-order valence-corrected chi connectivity index (χ3v) is 4.34. The zero-order valence-corrected chi connectivity index (χ0v) is 14.5. The fourth-order valence-electron chi connectivity index (χ4n) is 2.23. The minimum atomic E-state index is -0.707. The summed E-state index contributed by atoms with van der Waals surface area (Å²) in [7, 11) is 1.55. The van der Waals surface area contributed by atoms with Gasteiger partial charge in [0.2, 0.25) is 5.91 Å². The Morgan fingerprint density at radius 2 is 2.08 bits per heavy atom. The highest BCUT2D eigenvalue weighted by Gasteiger charge is 2.14. The average Bonchev–Trinajstić information content (AvgIpc) is 3.11. The largest absolute Gasteiger partial charge is 0.495 e. The number of hydrogen-bond acceptors (Lipinski definition) is 5. The summed E-state index contributed by atoms with van der Waals surface area (Å²) in [6.45, 7) is 0. The van der Waals surface area contributed by atoms with Gasteiger partial charge in [-0.2, -0.15) is 0 Å². The quantitative estimate of drug-likeness (QED) is 0.669. The molecule has 0 aliphatic heterocycles. The first-order valence-electron chi connectivity index (χ1n) is 7.49. The number of aromatic nitrogens is 3. The van der Waals surface area contributed by atoms with Gasteiger partial charge in [-0.15, -0.1) is 10.2 Å². The van der Waals surface area contributed by atoms with Gasteiger partial charge < -0.3 is 10.1 Å². The summed E-state index contributed by atoms with van der Waals surface area (Å²) in [5, 5.41) is 10.6. The van der Waals surface area contributed by atoms with Gasteiger partial charge in [-0.25, -0.2) is 8.78 Å². The number of para-hydroxylation sites is 2. The van der Waals surface area contributed by atoms with Crippen molar-refractivity contribution in [1.29, 1.82) is 0 Å². The van der Waals surface area contributed by atoms with Gasteiger partial charge in [-0.3, -0.25) is 9.36 Å². The maximum atomic E-state index is 13.6. The number of amides is 1. The highest BCUT2D eigenvalue weighted by Crippen LogP contribution is 2.26. The molecule has 2 aromatic carbocycles. The van der Waals surface area contributed by atoms with Crippen molar-refractivity contribution in [3.63, 3.8) is 0 Å². The molecule has 26 heavy (non-hydrogen) atoms. The number of benzene rings is 2. The summed E-state index contributed by atoms with van der Waals surface area (Å²) >= 11 is 1.11. The van der Waals surface area contributed by atoms with Crippen LogP contribution in [-0.2, 0) is 4.79 Å². The summed E-state index contributed by atoms with van der Waals surface area (Å²) < 4.78 is 33.7. The monoisotopic (exact) mass is 376 g/mol. The van der Waals surface area contributed by atoms with Crippen LogP contribution in [0.3, 0.4) is 0 Å². The van der Waals surface area contributed by atoms with Crippen LogP contribution in [0.2, 0.25) is 0 Å². The van der Waals surface area contributed by atoms with E-state index in [0.29, 0.717) is 10.9 Å². The van der Waals surface area contributed by atoms with Gasteiger partial charge in [0.05, 0.1) is 24.2 Å². The van der Waals surface area contributed by atoms with Crippen molar-refractivity contribution in [1.82, 2.24) is 14.8 Å². The van der Waals surface area contributed by atoms with E-state index in [1.165, 1.54) is 6.33 Å². The molecule has 1 heterocycles. The lowest BCUT2D eigenvalue weighted by molar-refractivity contribution is -0.113. The van der Waals surface area contributed by atoms with Gasteiger partial charge >= 0.3 is 0 Å². The topological polar surface area (TPSA) is 69.0 Å². The van der Waals surface area contributed by atoms with E-state index in [1.807, 2.05) is 18.2 Å². The van der Waals surface area contributed by atoms with Crippen LogP contribution in [-0.4, -0.2) is 33.5 Å². The van der Waals surface area contributed by atoms with Crippen LogP contribution in [0.1, 0.15) is 0 Å². The van der Waals surface area contributed by atoms with Crippen molar-refractivity contribution in [3.05, 3.63) is 60.4 Å². The number of rotatable bonds is 6. The molecule has 0 fully saturated rings. The van der Waals surface area contributed by atoms with Gasteiger partial charge in [0, 0.05) is 6.07 Å². The van der Waals surface area contributed by atoms with E-state index >= 15 is 0 Å². The van der Waals surface area contributed by atoms with Crippen molar-refractivity contribution < 1.29 is 18.3 Å². The van der Waals surface area contributed by atoms with Gasteiger partial charge in [-0.05, 0) is 24.3 Å². The first-order valence-corrected chi connectivity index (χ1v) is 8.48. The molecule has 0 atom stereocenters. The zero-order valence-electron chi connectivity index (χ0n) is 13.6. The standard InChI is InChI=1S/C17H14F2N4O2S/c1-25-15-5-3-2-4-14(15)23-10-20-22-17(23)26-9-16(24)21-13-8-11(18)6-7-12(13)19/h2-8,10H,9H2,1H3,(H,21,24). The molecule has 0 spiro atoms. The Balaban J connectivity index is 1.70. The first-order chi connectivity index (χ1) is 12.6. The second kappa shape index (κ2) is 7.96. The van der Waals surface area contributed by atoms with Crippen molar-refractivity contribution in [2.75, 3.05) is 18.2 Å². The SMILES string of the molecule is COc1ccccc1-n1cnnc1SCC(=O)Nc1cc(F)ccc1F. The van der Waals surface area contributed by atoms with Gasteiger partial charge in [0.1, 0.15) is 23.7 Å². The van der Waals surface area contributed by atoms with Crippen molar-refractivity contribution in [2.45, 2.75) is 5.16 Å². The second-order valence-corrected chi connectivity index (χ2v) is 6.06. The third-order valence-electron chi connectivity index (χ3n) is 3.40. The molecule has 3 rings (SSSR count). The molecule has 134 valence electrons. The van der Waals surface area contributed by atoms with E-state index in [2.05, 4.69) is 15.5 Å². The Bertz CT molecular complexity index is 933. The fourth-order valence-corrected chi connectivity index (χ4v) is 2.95. The lowest BCUT2D eigenvalue weighted by Gasteiger charge is -2.10. The summed E-state index contributed by atoms with van der Waals surface area (Å²) in [5.41, 5.74) is 0.515. The highest BCUT2D eigenvalue weighted by molar-refractivity contribution is 7.99. The first kappa shape index (κ1) is 17.9. The predicted molar refractivity (Wildman–Crippen MR) is 93.6 cm³/mol. The van der Waals surface area contributed by atoms with E-state index in [-0.39, 0.29) is 11.4 Å². The Kier molecular flexibility index (Phi) is 5.47. The number of thioether (sulfide) groups is 1. The maximum absolute atomic E-state index is 13.6. The van der Waals surface area contributed by atoms with Crippen LogP contribution >= 0.6 is 11.8 Å². The molecule has 0 saturated heterocycles. The van der Waals surface area contributed by atoms with Crippen LogP contribution in [0.4, 0.5) is 14.5 Å². The Morgan fingerprint density at radius 3 is 2.88 bits per heavy atom. The minimum absolute atomic E-state index is 0.0518. The third kappa shape index (κ3) is 3.99. The van der Waals surface area contributed by atoms with E-state index in [1.54, 1.807) is 17.7 Å². The molecular weight excluding hydrogens is 362 g/mol. The maximum Gasteiger partial charge on any atom is 0.234 e. The number of hydrogen-bond donors (Lipinski definition) is 1. The number of nitrogens with one attached hydrogen (secondary N) is 1. The Morgan fingerprint density at radius 1 is 1.27 bits per heavy atom. The lowest BCUT2D eigenvalue weighted by Crippen LogP contribution is -2.15. The fraction of sp³-hybridized carbons (Fsp3) is 0.118. The number of halogens is 2. The summed E-state index contributed by atoms with van der Waals surface area (Å²) in [6, 6.07) is 10.2. The van der Waals surface area contributed by atoms with Gasteiger partial charge in [0.25, 0.3) is 0 Å². The Hall–Kier alpha value is -2.94. The normalized spacial score (nSPS) is 10.6. The molecule has 1 aromatic heterocycles. The predicted octanol–water partition coefficient (Wildman–Crippen LogP) is 3.28. The number of carbonyl (C=O) groups excluding carboxylic acids is 1. The molecule has 0 aliphatic carbocycles. The summed E-state index contributed by atoms with van der Waals surface area (Å²) in [5.74, 6) is -1.26. The smallest absolute Gasteiger partial charge is 0.234 e. The van der Waals surface area contributed by atoms with E-state index in [0.717, 1.165) is 35.6 Å². The number of ether oxygens (including phenoxy) is 1. The van der Waals surface area contributed by atoms with Crippen LogP contribution in [0, 0.1) is 11.6 Å². The molecule has 6 nitrogen and oxygen atoms in total. The van der Waals surface area contributed by atoms with Crippen molar-refractivity contribution in [2.24, 2.45) is 0 Å². The van der Waals surface area contributed by atoms with Gasteiger partial charge in [0.15, 0.2) is 5.16 Å². The van der Waals surface area contributed by atoms with Gasteiger partial charge in [-0.1, -0.05) is 23.9 Å². The van der Waals surface area contributed by atoms with Crippen LogP contribution < -0.4 is 10.1 Å². The second-order valence-electron chi connectivity index (χ2n) is 5.12. The molecule has 0 radical (unpaired) electrons. The number of methoxy groups -OCH3 is 1. The van der Waals surface area contributed by atoms with E-state index in [9.17, 15) is 13.6 Å². The molecule has 9 heteroatoms. The number of carbonyl (C=O) groups is 1. The number of nitrogens with zero attached hydrogens (tertiary/aromatic N) is 3. The van der Waals surface area contributed by atoms with Crippen molar-refractivity contribution >= 4 is 23.4 Å². The average molecular weight is 376 g/mol.